The Hall–Kier alpha value is -3.80. The van der Waals surface area contributed by atoms with E-state index in [9.17, 15) is 9.59 Å². The standard InChI is InChI=1S/C30H37NO5/c1-6-17-31-30(33)21-36-29-20-26(35-19-16-23(4)5)12-13-27(29)28(32)14-9-24-7-10-25(11-8-24)34-18-15-22(2)3/h7-16,20H,6,17-19,21H2,1-5H3,(H,31,33)/b14-9+. The molecule has 0 atom stereocenters. The lowest BCUT2D eigenvalue weighted by molar-refractivity contribution is -0.123. The van der Waals surface area contributed by atoms with Crippen molar-refractivity contribution in [1.82, 2.24) is 5.32 Å². The molecule has 0 bridgehead atoms. The van der Waals surface area contributed by atoms with Crippen LogP contribution in [0.2, 0.25) is 0 Å². The zero-order valence-corrected chi connectivity index (χ0v) is 21.9. The summed E-state index contributed by atoms with van der Waals surface area (Å²) in [7, 11) is 0. The predicted octanol–water partition coefficient (Wildman–Crippen LogP) is 6.18. The average Bonchev–Trinajstić information content (AvgIpc) is 2.85. The molecule has 1 amide bonds. The van der Waals surface area contributed by atoms with E-state index in [4.69, 9.17) is 14.2 Å². The highest BCUT2D eigenvalue weighted by atomic mass is 16.5. The van der Waals surface area contributed by atoms with Crippen LogP contribution >= 0.6 is 0 Å². The van der Waals surface area contributed by atoms with Crippen molar-refractivity contribution < 1.29 is 23.8 Å². The molecule has 2 aromatic rings. The first-order chi connectivity index (χ1) is 17.3. The highest BCUT2D eigenvalue weighted by Gasteiger charge is 2.14. The van der Waals surface area contributed by atoms with Crippen LogP contribution in [-0.4, -0.2) is 38.1 Å². The SMILES string of the molecule is CCCNC(=O)COc1cc(OCC=C(C)C)ccc1C(=O)/C=C/c1ccc(OCC=C(C)C)cc1. The van der Waals surface area contributed by atoms with Crippen molar-refractivity contribution in [3.8, 4) is 17.2 Å². The van der Waals surface area contributed by atoms with Crippen LogP contribution in [0.5, 0.6) is 17.2 Å². The summed E-state index contributed by atoms with van der Waals surface area (Å²) >= 11 is 0. The molecular formula is C30H37NO5. The molecule has 1 N–H and O–H groups in total. The number of ketones is 1. The highest BCUT2D eigenvalue weighted by molar-refractivity contribution is 6.08. The van der Waals surface area contributed by atoms with Gasteiger partial charge in [0.25, 0.3) is 5.91 Å². The number of allylic oxidation sites excluding steroid dienone is 3. The lowest BCUT2D eigenvalue weighted by atomic mass is 10.1. The molecule has 0 spiro atoms. The van der Waals surface area contributed by atoms with Gasteiger partial charge in [0.1, 0.15) is 30.5 Å². The van der Waals surface area contributed by atoms with Gasteiger partial charge < -0.3 is 19.5 Å². The Labute approximate surface area is 214 Å². The van der Waals surface area contributed by atoms with Crippen LogP contribution in [0.1, 0.15) is 57.0 Å². The minimum Gasteiger partial charge on any atom is -0.490 e. The molecule has 192 valence electrons. The second kappa shape index (κ2) is 15.2. The molecule has 0 aliphatic carbocycles. The molecule has 0 radical (unpaired) electrons. The van der Waals surface area contributed by atoms with Gasteiger partial charge in [-0.1, -0.05) is 36.3 Å². The second-order valence-electron chi connectivity index (χ2n) is 8.75. The monoisotopic (exact) mass is 491 g/mol. The van der Waals surface area contributed by atoms with Gasteiger partial charge in [0.05, 0.1) is 5.56 Å². The van der Waals surface area contributed by atoms with Gasteiger partial charge in [-0.05, 0) is 82.2 Å². The zero-order valence-electron chi connectivity index (χ0n) is 21.9. The van der Waals surface area contributed by atoms with Crippen molar-refractivity contribution in [1.29, 1.82) is 0 Å². The Morgan fingerprint density at radius 2 is 1.44 bits per heavy atom. The van der Waals surface area contributed by atoms with E-state index in [1.165, 1.54) is 11.6 Å². The fourth-order valence-electron chi connectivity index (χ4n) is 2.92. The van der Waals surface area contributed by atoms with Gasteiger partial charge in [-0.15, -0.1) is 0 Å². The first-order valence-corrected chi connectivity index (χ1v) is 12.2. The molecule has 0 unspecified atom stereocenters. The minimum absolute atomic E-state index is 0.185. The number of carbonyl (C=O) groups excluding carboxylic acids is 2. The van der Waals surface area contributed by atoms with E-state index in [0.29, 0.717) is 36.8 Å². The molecule has 0 aromatic heterocycles. The summed E-state index contributed by atoms with van der Waals surface area (Å²) in [4.78, 5) is 25.0. The van der Waals surface area contributed by atoms with Gasteiger partial charge in [0.15, 0.2) is 12.4 Å². The number of carbonyl (C=O) groups is 2. The molecule has 2 rings (SSSR count). The van der Waals surface area contributed by atoms with E-state index in [1.807, 2.05) is 71.0 Å². The Kier molecular flexibility index (Phi) is 12.0. The summed E-state index contributed by atoms with van der Waals surface area (Å²) in [5, 5.41) is 2.77. The number of hydrogen-bond acceptors (Lipinski definition) is 5. The normalized spacial score (nSPS) is 10.5. The Bertz CT molecular complexity index is 1090. The first-order valence-electron chi connectivity index (χ1n) is 12.2. The van der Waals surface area contributed by atoms with Gasteiger partial charge in [-0.2, -0.15) is 0 Å². The van der Waals surface area contributed by atoms with Crippen LogP contribution in [-0.2, 0) is 4.79 Å². The Balaban J connectivity index is 2.13. The molecule has 6 heteroatoms. The van der Waals surface area contributed by atoms with E-state index in [0.717, 1.165) is 23.3 Å². The van der Waals surface area contributed by atoms with Gasteiger partial charge in [-0.25, -0.2) is 0 Å². The summed E-state index contributed by atoms with van der Waals surface area (Å²) in [5.41, 5.74) is 3.56. The van der Waals surface area contributed by atoms with E-state index in [2.05, 4.69) is 5.32 Å². The second-order valence-corrected chi connectivity index (χ2v) is 8.75. The third-order valence-corrected chi connectivity index (χ3v) is 4.94. The van der Waals surface area contributed by atoms with Crippen LogP contribution in [0.25, 0.3) is 6.08 Å². The third-order valence-electron chi connectivity index (χ3n) is 4.94. The maximum Gasteiger partial charge on any atom is 0.257 e. The van der Waals surface area contributed by atoms with E-state index in [-0.39, 0.29) is 18.3 Å². The number of rotatable bonds is 14. The molecule has 6 nitrogen and oxygen atoms in total. The van der Waals surface area contributed by atoms with Gasteiger partial charge >= 0.3 is 0 Å². The Morgan fingerprint density at radius 3 is 2.06 bits per heavy atom. The third kappa shape index (κ3) is 10.6. The molecule has 0 saturated carbocycles. The van der Waals surface area contributed by atoms with Crippen LogP contribution < -0.4 is 19.5 Å². The summed E-state index contributed by atoms with van der Waals surface area (Å²) in [5.74, 6) is 1.14. The number of benzene rings is 2. The first kappa shape index (κ1) is 28.4. The smallest absolute Gasteiger partial charge is 0.257 e. The fraction of sp³-hybridized carbons (Fsp3) is 0.333. The van der Waals surface area contributed by atoms with E-state index in [1.54, 1.807) is 24.3 Å². The summed E-state index contributed by atoms with van der Waals surface area (Å²) in [6, 6.07) is 12.5. The summed E-state index contributed by atoms with van der Waals surface area (Å²) in [6.45, 7) is 11.3. The van der Waals surface area contributed by atoms with Gasteiger partial charge in [-0.3, -0.25) is 9.59 Å². The number of amides is 1. The molecule has 0 saturated heterocycles. The average molecular weight is 492 g/mol. The van der Waals surface area contributed by atoms with Gasteiger partial charge in [0, 0.05) is 12.6 Å². The lowest BCUT2D eigenvalue weighted by Crippen LogP contribution is -2.29. The fourth-order valence-corrected chi connectivity index (χ4v) is 2.92. The number of ether oxygens (including phenoxy) is 3. The van der Waals surface area contributed by atoms with Crippen LogP contribution in [0.3, 0.4) is 0 Å². The van der Waals surface area contributed by atoms with Crippen molar-refractivity contribution >= 4 is 17.8 Å². The van der Waals surface area contributed by atoms with Crippen molar-refractivity contribution in [2.75, 3.05) is 26.4 Å². The topological polar surface area (TPSA) is 73.9 Å². The lowest BCUT2D eigenvalue weighted by Gasteiger charge is -2.12. The van der Waals surface area contributed by atoms with Crippen LogP contribution in [0.4, 0.5) is 0 Å². The molecule has 0 fully saturated rings. The quantitative estimate of drug-likeness (QED) is 0.194. The van der Waals surface area contributed by atoms with Gasteiger partial charge in [0.2, 0.25) is 0 Å². The van der Waals surface area contributed by atoms with Crippen LogP contribution in [0.15, 0.2) is 71.8 Å². The predicted molar refractivity (Wildman–Crippen MR) is 145 cm³/mol. The van der Waals surface area contributed by atoms with E-state index >= 15 is 0 Å². The molecular weight excluding hydrogens is 454 g/mol. The van der Waals surface area contributed by atoms with Crippen molar-refractivity contribution in [3.05, 3.63) is 83.0 Å². The van der Waals surface area contributed by atoms with Crippen molar-refractivity contribution in [3.63, 3.8) is 0 Å². The molecule has 2 aromatic carbocycles. The van der Waals surface area contributed by atoms with Crippen molar-refractivity contribution in [2.45, 2.75) is 41.0 Å². The molecule has 0 aliphatic rings. The largest absolute Gasteiger partial charge is 0.490 e. The highest BCUT2D eigenvalue weighted by Crippen LogP contribution is 2.26. The maximum atomic E-state index is 13.0. The zero-order chi connectivity index (χ0) is 26.3. The minimum atomic E-state index is -0.242. The van der Waals surface area contributed by atoms with Crippen LogP contribution in [0, 0.1) is 0 Å². The maximum absolute atomic E-state index is 13.0. The van der Waals surface area contributed by atoms with Crippen molar-refractivity contribution in [2.24, 2.45) is 0 Å². The molecule has 0 heterocycles. The number of hydrogen-bond donors (Lipinski definition) is 1. The number of nitrogens with one attached hydrogen (secondary N) is 1. The summed E-state index contributed by atoms with van der Waals surface area (Å²) in [6.07, 6.45) is 8.02. The molecule has 0 aliphatic heterocycles. The molecule has 36 heavy (non-hydrogen) atoms. The van der Waals surface area contributed by atoms with E-state index < -0.39 is 0 Å². The Morgan fingerprint density at radius 1 is 0.833 bits per heavy atom. The summed E-state index contributed by atoms with van der Waals surface area (Å²) < 4.78 is 17.1.